The Kier molecular flexibility index (Phi) is 10.2. The SMILES string of the molecule is COc1ccc(N=Nc2ccc(N=Nc3ccc(N=Nc4c(S(=O)(=O)O)cc5cc(N)ccc5c4O)c4cc(S(=O)(=O)O)ccc34)c3ccccc23)c(S(=O)(=O)O)c1. The van der Waals surface area contributed by atoms with E-state index in [9.17, 15) is 44.0 Å². The van der Waals surface area contributed by atoms with E-state index in [2.05, 4.69) is 30.7 Å². The first-order valence-corrected chi connectivity index (χ1v) is 20.7. The van der Waals surface area contributed by atoms with Gasteiger partial charge in [-0.15, -0.1) is 30.7 Å². The molecule has 7 rings (SSSR count). The Balaban J connectivity index is 1.30. The fourth-order valence-corrected chi connectivity index (χ4v) is 7.77. The van der Waals surface area contributed by atoms with Gasteiger partial charge >= 0.3 is 0 Å². The molecule has 294 valence electrons. The van der Waals surface area contributed by atoms with Gasteiger partial charge in [-0.3, -0.25) is 13.7 Å². The number of phenols is 1. The fraction of sp³-hybridized carbons (Fsp3) is 0.0270. The van der Waals surface area contributed by atoms with Gasteiger partial charge in [0.1, 0.15) is 26.9 Å². The number of nitrogen functional groups attached to an aromatic ring is 1. The van der Waals surface area contributed by atoms with E-state index in [0.717, 1.165) is 24.3 Å². The topological polar surface area (TPSA) is 293 Å². The van der Waals surface area contributed by atoms with Crippen LogP contribution in [0.2, 0.25) is 0 Å². The first-order valence-electron chi connectivity index (χ1n) is 16.4. The Hall–Kier alpha value is -6.75. The van der Waals surface area contributed by atoms with Crippen molar-refractivity contribution in [2.24, 2.45) is 30.7 Å². The van der Waals surface area contributed by atoms with Gasteiger partial charge in [-0.2, -0.15) is 25.3 Å². The van der Waals surface area contributed by atoms with Crippen LogP contribution in [0, 0.1) is 0 Å². The van der Waals surface area contributed by atoms with Crippen molar-refractivity contribution in [3.05, 3.63) is 109 Å². The molecule has 0 aliphatic rings. The summed E-state index contributed by atoms with van der Waals surface area (Å²) in [6.07, 6.45) is 0. The smallest absolute Gasteiger partial charge is 0.296 e. The van der Waals surface area contributed by atoms with Gasteiger partial charge in [-0.1, -0.05) is 30.3 Å². The van der Waals surface area contributed by atoms with Crippen LogP contribution in [0.3, 0.4) is 0 Å². The molecule has 6 N–H and O–H groups in total. The molecule has 0 radical (unpaired) electrons. The van der Waals surface area contributed by atoms with E-state index in [1.807, 2.05) is 0 Å². The third kappa shape index (κ3) is 7.93. The maximum absolute atomic E-state index is 12.4. The van der Waals surface area contributed by atoms with Crippen molar-refractivity contribution in [1.29, 1.82) is 0 Å². The van der Waals surface area contributed by atoms with Crippen molar-refractivity contribution >= 4 is 102 Å². The second-order valence-electron chi connectivity index (χ2n) is 12.4. The van der Waals surface area contributed by atoms with E-state index >= 15 is 0 Å². The zero-order chi connectivity index (χ0) is 41.6. The van der Waals surface area contributed by atoms with Crippen LogP contribution in [0.5, 0.6) is 11.5 Å². The van der Waals surface area contributed by atoms with Crippen molar-refractivity contribution in [3.8, 4) is 11.5 Å². The zero-order valence-corrected chi connectivity index (χ0v) is 32.0. The highest BCUT2D eigenvalue weighted by Crippen LogP contribution is 2.44. The number of nitrogens with two attached hydrogens (primary N) is 1. The Morgan fingerprint density at radius 3 is 1.55 bits per heavy atom. The van der Waals surface area contributed by atoms with E-state index < -0.39 is 56.5 Å². The third-order valence-electron chi connectivity index (χ3n) is 8.70. The molecule has 0 bridgehead atoms. The number of benzene rings is 7. The highest BCUT2D eigenvalue weighted by molar-refractivity contribution is 7.86. The predicted octanol–water partition coefficient (Wildman–Crippen LogP) is 9.43. The summed E-state index contributed by atoms with van der Waals surface area (Å²) >= 11 is 0. The molecule has 0 saturated heterocycles. The monoisotopic (exact) mass is 841 g/mol. The molecule has 0 aliphatic heterocycles. The Morgan fingerprint density at radius 1 is 0.500 bits per heavy atom. The highest BCUT2D eigenvalue weighted by atomic mass is 32.2. The molecule has 0 heterocycles. The van der Waals surface area contributed by atoms with Gasteiger partial charge in [0.2, 0.25) is 0 Å². The lowest BCUT2D eigenvalue weighted by Gasteiger charge is -2.10. The summed E-state index contributed by atoms with van der Waals surface area (Å²) in [5.74, 6) is -0.454. The minimum Gasteiger partial charge on any atom is -0.505 e. The number of nitrogens with zero attached hydrogens (tertiary/aromatic N) is 6. The minimum absolute atomic E-state index is 0.0493. The number of ether oxygens (including phenoxy) is 1. The van der Waals surface area contributed by atoms with Crippen molar-refractivity contribution < 1.29 is 48.8 Å². The second kappa shape index (κ2) is 15.0. The quantitative estimate of drug-likeness (QED) is 0.0489. The van der Waals surface area contributed by atoms with Gasteiger partial charge in [0.05, 0.1) is 34.8 Å². The molecule has 0 unspecified atom stereocenters. The number of hydrogen-bond acceptors (Lipinski definition) is 15. The van der Waals surface area contributed by atoms with Gasteiger partial charge in [0.15, 0.2) is 5.75 Å². The minimum atomic E-state index is -4.96. The molecule has 7 aromatic carbocycles. The maximum atomic E-state index is 12.4. The number of anilines is 1. The van der Waals surface area contributed by atoms with Crippen LogP contribution < -0.4 is 10.5 Å². The standard InChI is InChI=1S/C37H27N7O11S3/c1-55-22-7-11-33(34(18-22)57(49,50)51)43-41-30-13-12-29(25-4-2-3-5-26(25)30)39-40-31-14-15-32(28-19-23(56(46,47)48)8-10-27(28)31)42-44-36-35(58(52,53)54)17-20-16-21(38)6-9-24(20)37(36)45/h2-19,45H,38H2,1H3,(H,46,47,48)(H,49,50,51)(H,52,53,54). The van der Waals surface area contributed by atoms with Crippen molar-refractivity contribution in [3.63, 3.8) is 0 Å². The number of hydrogen-bond donors (Lipinski definition) is 5. The fourth-order valence-electron chi connectivity index (χ4n) is 5.97. The summed E-state index contributed by atoms with van der Waals surface area (Å²) in [6, 6.07) is 25.7. The molecule has 21 heteroatoms. The average Bonchev–Trinajstić information content (AvgIpc) is 3.17. The van der Waals surface area contributed by atoms with E-state index in [1.54, 1.807) is 36.4 Å². The van der Waals surface area contributed by atoms with Crippen LogP contribution in [0.4, 0.5) is 39.8 Å². The zero-order valence-electron chi connectivity index (χ0n) is 29.5. The summed E-state index contributed by atoms with van der Waals surface area (Å²) in [5, 5.41) is 38.0. The lowest BCUT2D eigenvalue weighted by Crippen LogP contribution is -1.99. The second-order valence-corrected chi connectivity index (χ2v) is 16.6. The summed E-state index contributed by atoms with van der Waals surface area (Å²) < 4.78 is 108. The maximum Gasteiger partial charge on any atom is 0.296 e. The third-order valence-corrected chi connectivity index (χ3v) is 11.3. The normalized spacial score (nSPS) is 12.8. The summed E-state index contributed by atoms with van der Waals surface area (Å²) in [5.41, 5.74) is 6.15. The Morgan fingerprint density at radius 2 is 1.00 bits per heavy atom. The molecular weight excluding hydrogens is 815 g/mol. The number of fused-ring (bicyclic) bond motifs is 3. The van der Waals surface area contributed by atoms with Crippen LogP contribution in [0.15, 0.2) is 155 Å². The van der Waals surface area contributed by atoms with E-state index in [-0.39, 0.29) is 50.0 Å². The highest BCUT2D eigenvalue weighted by Gasteiger charge is 2.23. The predicted molar refractivity (Wildman–Crippen MR) is 213 cm³/mol. The van der Waals surface area contributed by atoms with Crippen LogP contribution in [-0.4, -0.2) is 51.1 Å². The summed E-state index contributed by atoms with van der Waals surface area (Å²) in [4.78, 5) is -1.79. The van der Waals surface area contributed by atoms with Crippen LogP contribution in [0.25, 0.3) is 32.3 Å². The van der Waals surface area contributed by atoms with Gasteiger partial charge in [0.25, 0.3) is 30.4 Å². The number of rotatable bonds is 10. The molecule has 7 aromatic rings. The molecule has 0 aliphatic carbocycles. The van der Waals surface area contributed by atoms with E-state index in [1.165, 1.54) is 55.6 Å². The van der Waals surface area contributed by atoms with Gasteiger partial charge in [-0.25, -0.2) is 0 Å². The molecule has 0 atom stereocenters. The van der Waals surface area contributed by atoms with Crippen molar-refractivity contribution in [2.45, 2.75) is 14.7 Å². The molecular formula is C37H27N7O11S3. The molecule has 0 saturated carbocycles. The first-order chi connectivity index (χ1) is 27.4. The molecule has 0 amide bonds. The number of aromatic hydroxyl groups is 1. The number of phenolic OH excluding ortho intramolecular Hbond substituents is 1. The molecule has 0 spiro atoms. The Labute approximate surface area is 328 Å². The lowest BCUT2D eigenvalue weighted by molar-refractivity contribution is 0.412. The molecule has 0 aromatic heterocycles. The van der Waals surface area contributed by atoms with Gasteiger partial charge < -0.3 is 15.6 Å². The average molecular weight is 842 g/mol. The van der Waals surface area contributed by atoms with Gasteiger partial charge in [-0.05, 0) is 78.2 Å². The lowest BCUT2D eigenvalue weighted by atomic mass is 10.1. The Bertz CT molecular complexity index is 3280. The first kappa shape index (κ1) is 39.5. The molecule has 0 fully saturated rings. The van der Waals surface area contributed by atoms with Crippen molar-refractivity contribution in [2.75, 3.05) is 12.8 Å². The van der Waals surface area contributed by atoms with Gasteiger partial charge in [0, 0.05) is 38.7 Å². The number of methoxy groups -OCH3 is 1. The molecule has 58 heavy (non-hydrogen) atoms. The van der Waals surface area contributed by atoms with E-state index in [0.29, 0.717) is 22.1 Å². The van der Waals surface area contributed by atoms with Crippen LogP contribution in [0.1, 0.15) is 0 Å². The van der Waals surface area contributed by atoms with E-state index in [4.69, 9.17) is 10.5 Å². The van der Waals surface area contributed by atoms with Crippen molar-refractivity contribution in [1.82, 2.24) is 0 Å². The summed E-state index contributed by atoms with van der Waals surface area (Å²) in [7, 11) is -13.0. The molecule has 18 nitrogen and oxygen atoms in total. The van der Waals surface area contributed by atoms with Crippen LogP contribution >= 0.6 is 0 Å². The number of azo groups is 3. The van der Waals surface area contributed by atoms with Crippen LogP contribution in [-0.2, 0) is 30.4 Å². The summed E-state index contributed by atoms with van der Waals surface area (Å²) in [6.45, 7) is 0. The largest absolute Gasteiger partial charge is 0.505 e.